The van der Waals surface area contributed by atoms with Crippen molar-refractivity contribution in [3.05, 3.63) is 95.1 Å². The zero-order valence-corrected chi connectivity index (χ0v) is 17.9. The number of hydrogen-bond donors (Lipinski definition) is 2. The van der Waals surface area contributed by atoms with Crippen LogP contribution >= 0.6 is 11.3 Å². The Hall–Kier alpha value is -3.56. The molecule has 0 saturated heterocycles. The lowest BCUT2D eigenvalue weighted by atomic mass is 10.2. The minimum Gasteiger partial charge on any atom is -0.346 e. The summed E-state index contributed by atoms with van der Waals surface area (Å²) in [5.74, 6) is -0.303. The summed E-state index contributed by atoms with van der Waals surface area (Å²) in [5.41, 5.74) is 2.66. The molecule has 0 atom stereocenters. The summed E-state index contributed by atoms with van der Waals surface area (Å²) < 4.78 is 27.4. The molecule has 0 saturated carbocycles. The van der Waals surface area contributed by atoms with Gasteiger partial charge < -0.3 is 5.32 Å². The molecule has 4 aromatic rings. The number of aromatic nitrogens is 2. The predicted octanol–water partition coefficient (Wildman–Crippen LogP) is 3.94. The van der Waals surface area contributed by atoms with Crippen LogP contribution in [0.4, 0.5) is 5.69 Å². The number of pyridine rings is 1. The maximum absolute atomic E-state index is 12.5. The monoisotopic (exact) mass is 450 g/mol. The average molecular weight is 451 g/mol. The SMILES string of the molecule is O=C(NCc1nc(-c2ccccc2)cs1)c1ccc(S(=O)(=O)Nc2ccncc2)cc1. The van der Waals surface area contributed by atoms with Gasteiger partial charge in [0.2, 0.25) is 0 Å². The number of carbonyl (C=O) groups excluding carboxylic acids is 1. The highest BCUT2D eigenvalue weighted by Crippen LogP contribution is 2.21. The first kappa shape index (κ1) is 20.7. The molecule has 1 amide bonds. The van der Waals surface area contributed by atoms with Crippen LogP contribution < -0.4 is 10.0 Å². The molecular formula is C22H18N4O3S2. The zero-order valence-electron chi connectivity index (χ0n) is 16.2. The van der Waals surface area contributed by atoms with Gasteiger partial charge in [-0.2, -0.15) is 0 Å². The van der Waals surface area contributed by atoms with E-state index in [9.17, 15) is 13.2 Å². The molecule has 9 heteroatoms. The molecule has 2 heterocycles. The minimum absolute atomic E-state index is 0.0632. The number of carbonyl (C=O) groups is 1. The zero-order chi connectivity index (χ0) is 21.7. The molecule has 0 spiro atoms. The van der Waals surface area contributed by atoms with Crippen molar-refractivity contribution in [3.63, 3.8) is 0 Å². The molecule has 2 N–H and O–H groups in total. The molecule has 31 heavy (non-hydrogen) atoms. The summed E-state index contributed by atoms with van der Waals surface area (Å²) in [6, 6.07) is 18.7. The molecule has 2 aromatic carbocycles. The molecule has 7 nitrogen and oxygen atoms in total. The molecule has 0 aliphatic carbocycles. The fraction of sp³-hybridized carbons (Fsp3) is 0.0455. The maximum Gasteiger partial charge on any atom is 0.261 e. The predicted molar refractivity (Wildman–Crippen MR) is 120 cm³/mol. The second kappa shape index (κ2) is 9.07. The van der Waals surface area contributed by atoms with Crippen LogP contribution in [-0.2, 0) is 16.6 Å². The maximum atomic E-state index is 12.5. The largest absolute Gasteiger partial charge is 0.346 e. The van der Waals surface area contributed by atoms with Gasteiger partial charge in [0.1, 0.15) is 5.01 Å². The van der Waals surface area contributed by atoms with E-state index in [4.69, 9.17) is 0 Å². The van der Waals surface area contributed by atoms with E-state index in [1.165, 1.54) is 48.0 Å². The number of nitrogens with zero attached hydrogens (tertiary/aromatic N) is 2. The summed E-state index contributed by atoms with van der Waals surface area (Å²) in [6.45, 7) is 0.292. The van der Waals surface area contributed by atoms with E-state index in [0.29, 0.717) is 17.8 Å². The van der Waals surface area contributed by atoms with Crippen LogP contribution in [0, 0.1) is 0 Å². The number of thiazole rings is 1. The van der Waals surface area contributed by atoms with E-state index in [-0.39, 0.29) is 10.8 Å². The fourth-order valence-electron chi connectivity index (χ4n) is 2.81. The molecular weight excluding hydrogens is 432 g/mol. The van der Waals surface area contributed by atoms with Crippen molar-refractivity contribution < 1.29 is 13.2 Å². The quantitative estimate of drug-likeness (QED) is 0.444. The van der Waals surface area contributed by atoms with Gasteiger partial charge in [-0.1, -0.05) is 30.3 Å². The summed E-state index contributed by atoms with van der Waals surface area (Å²) >= 11 is 1.47. The normalized spacial score (nSPS) is 11.1. The van der Waals surface area contributed by atoms with E-state index in [1.807, 2.05) is 35.7 Å². The minimum atomic E-state index is -3.75. The molecule has 0 bridgehead atoms. The van der Waals surface area contributed by atoms with Gasteiger partial charge in [-0.3, -0.25) is 14.5 Å². The Morgan fingerprint density at radius 1 is 0.935 bits per heavy atom. The molecule has 0 aliphatic heterocycles. The van der Waals surface area contributed by atoms with Crippen molar-refractivity contribution in [2.75, 3.05) is 4.72 Å². The molecule has 0 unspecified atom stereocenters. The average Bonchev–Trinajstić information content (AvgIpc) is 3.28. The lowest BCUT2D eigenvalue weighted by Crippen LogP contribution is -2.22. The first-order valence-electron chi connectivity index (χ1n) is 9.32. The van der Waals surface area contributed by atoms with Crippen molar-refractivity contribution in [3.8, 4) is 11.3 Å². The second-order valence-electron chi connectivity index (χ2n) is 6.54. The van der Waals surface area contributed by atoms with Gasteiger partial charge in [-0.25, -0.2) is 13.4 Å². The summed E-state index contributed by atoms with van der Waals surface area (Å²) in [6.07, 6.45) is 2.99. The molecule has 4 rings (SSSR count). The van der Waals surface area contributed by atoms with Gasteiger partial charge in [-0.15, -0.1) is 11.3 Å². The topological polar surface area (TPSA) is 101 Å². The first-order chi connectivity index (χ1) is 15.0. The number of nitrogens with one attached hydrogen (secondary N) is 2. The summed E-state index contributed by atoms with van der Waals surface area (Å²) in [4.78, 5) is 20.9. The van der Waals surface area contributed by atoms with Gasteiger partial charge in [-0.05, 0) is 36.4 Å². The highest BCUT2D eigenvalue weighted by atomic mass is 32.2. The van der Waals surface area contributed by atoms with Gasteiger partial charge in [0, 0.05) is 28.9 Å². The van der Waals surface area contributed by atoms with Crippen LogP contribution in [0.15, 0.2) is 89.4 Å². The number of amides is 1. The van der Waals surface area contributed by atoms with Crippen molar-refractivity contribution in [2.24, 2.45) is 0 Å². The first-order valence-corrected chi connectivity index (χ1v) is 11.7. The number of benzene rings is 2. The van der Waals surface area contributed by atoms with Crippen LogP contribution in [0.3, 0.4) is 0 Å². The molecule has 0 radical (unpaired) electrons. The number of hydrogen-bond acceptors (Lipinski definition) is 6. The van der Waals surface area contributed by atoms with E-state index < -0.39 is 10.0 Å². The highest BCUT2D eigenvalue weighted by Gasteiger charge is 2.15. The Morgan fingerprint density at radius 3 is 2.35 bits per heavy atom. The fourth-order valence-corrected chi connectivity index (χ4v) is 4.61. The Balaban J connectivity index is 1.38. The van der Waals surface area contributed by atoms with E-state index >= 15 is 0 Å². The van der Waals surface area contributed by atoms with Crippen molar-refractivity contribution in [1.29, 1.82) is 0 Å². The Labute approximate surface area is 183 Å². The second-order valence-corrected chi connectivity index (χ2v) is 9.17. The van der Waals surface area contributed by atoms with E-state index in [0.717, 1.165) is 16.3 Å². The summed E-state index contributed by atoms with van der Waals surface area (Å²) in [5, 5.41) is 5.55. The van der Waals surface area contributed by atoms with Crippen molar-refractivity contribution >= 4 is 33.0 Å². The number of anilines is 1. The Morgan fingerprint density at radius 2 is 1.65 bits per heavy atom. The van der Waals surface area contributed by atoms with Crippen LogP contribution in [0.25, 0.3) is 11.3 Å². The molecule has 0 aliphatic rings. The number of rotatable bonds is 7. The van der Waals surface area contributed by atoms with Crippen LogP contribution in [0.5, 0.6) is 0 Å². The highest BCUT2D eigenvalue weighted by molar-refractivity contribution is 7.92. The van der Waals surface area contributed by atoms with Gasteiger partial charge in [0.05, 0.1) is 22.8 Å². The molecule has 156 valence electrons. The third-order valence-electron chi connectivity index (χ3n) is 4.38. The van der Waals surface area contributed by atoms with Crippen LogP contribution in [0.1, 0.15) is 15.4 Å². The Kier molecular flexibility index (Phi) is 6.06. The number of sulfonamides is 1. The smallest absolute Gasteiger partial charge is 0.261 e. The Bertz CT molecular complexity index is 1270. The lowest BCUT2D eigenvalue weighted by molar-refractivity contribution is 0.0950. The molecule has 0 fully saturated rings. The van der Waals surface area contributed by atoms with Gasteiger partial charge in [0.25, 0.3) is 15.9 Å². The third kappa shape index (κ3) is 5.14. The van der Waals surface area contributed by atoms with Crippen molar-refractivity contribution in [2.45, 2.75) is 11.4 Å². The van der Waals surface area contributed by atoms with E-state index in [1.54, 1.807) is 12.1 Å². The van der Waals surface area contributed by atoms with Crippen LogP contribution in [0.2, 0.25) is 0 Å². The van der Waals surface area contributed by atoms with E-state index in [2.05, 4.69) is 20.0 Å². The van der Waals surface area contributed by atoms with Gasteiger partial charge in [0.15, 0.2) is 0 Å². The molecule has 2 aromatic heterocycles. The lowest BCUT2D eigenvalue weighted by Gasteiger charge is -2.08. The van der Waals surface area contributed by atoms with Gasteiger partial charge >= 0.3 is 0 Å². The van der Waals surface area contributed by atoms with Crippen molar-refractivity contribution in [1.82, 2.24) is 15.3 Å². The third-order valence-corrected chi connectivity index (χ3v) is 6.63. The standard InChI is InChI=1S/C22H18N4O3S2/c27-22(24-14-21-25-20(15-30-21)16-4-2-1-3-5-16)17-6-8-19(9-7-17)31(28,29)26-18-10-12-23-13-11-18/h1-13,15H,14H2,(H,23,26)(H,24,27). The van der Waals surface area contributed by atoms with Crippen LogP contribution in [-0.4, -0.2) is 24.3 Å². The summed E-state index contributed by atoms with van der Waals surface area (Å²) in [7, 11) is -3.75.